The Hall–Kier alpha value is -5.09. The van der Waals surface area contributed by atoms with E-state index < -0.39 is 33.6 Å². The number of halogens is 3. The molecule has 1 amide bonds. The number of alkyl halides is 3. The highest BCUT2D eigenvalue weighted by atomic mass is 32.2. The van der Waals surface area contributed by atoms with Crippen LogP contribution in [0, 0.1) is 0 Å². The highest BCUT2D eigenvalue weighted by Gasteiger charge is 2.44. The van der Waals surface area contributed by atoms with Gasteiger partial charge in [0.1, 0.15) is 5.75 Å². The Morgan fingerprint density at radius 1 is 0.800 bits per heavy atom. The van der Waals surface area contributed by atoms with Crippen LogP contribution >= 0.6 is 0 Å². The van der Waals surface area contributed by atoms with Crippen molar-refractivity contribution in [3.63, 3.8) is 0 Å². The quantitative estimate of drug-likeness (QED) is 0.184. The van der Waals surface area contributed by atoms with Gasteiger partial charge in [-0.25, -0.2) is 8.42 Å². The highest BCUT2D eigenvalue weighted by Crippen LogP contribution is 2.55. The normalized spacial score (nSPS) is 17.7. The van der Waals surface area contributed by atoms with Crippen LogP contribution in [0.15, 0.2) is 114 Å². The number of sulfonamides is 1. The molecule has 0 aromatic heterocycles. The van der Waals surface area contributed by atoms with Gasteiger partial charge in [-0.3, -0.25) is 9.52 Å². The fraction of sp³-hybridized carbons (Fsp3) is 0.114. The summed E-state index contributed by atoms with van der Waals surface area (Å²) in [5.41, 5.74) is 4.09. The Labute approximate surface area is 256 Å². The number of carbonyl (C=O) groups excluding carboxylic acids is 1. The Morgan fingerprint density at radius 2 is 1.51 bits per heavy atom. The molecule has 5 aromatic rings. The summed E-state index contributed by atoms with van der Waals surface area (Å²) in [7, 11) is -4.22. The third-order valence-electron chi connectivity index (χ3n) is 8.60. The van der Waals surface area contributed by atoms with Gasteiger partial charge in [-0.1, -0.05) is 66.2 Å². The molecule has 10 heteroatoms. The largest absolute Gasteiger partial charge is 0.507 e. The molecule has 0 saturated carbocycles. The number of carbonyl (C=O) groups is 1. The number of rotatable bonds is 5. The van der Waals surface area contributed by atoms with Crippen molar-refractivity contribution in [1.29, 1.82) is 0 Å². The molecule has 2 atom stereocenters. The van der Waals surface area contributed by atoms with Crippen LogP contribution in [0.5, 0.6) is 5.75 Å². The molecule has 1 heterocycles. The summed E-state index contributed by atoms with van der Waals surface area (Å²) in [5.74, 6) is -1.39. The molecule has 45 heavy (non-hydrogen) atoms. The maximum Gasteiger partial charge on any atom is 0.416 e. The van der Waals surface area contributed by atoms with Crippen LogP contribution in [0.2, 0.25) is 0 Å². The molecule has 1 aliphatic heterocycles. The van der Waals surface area contributed by atoms with E-state index in [9.17, 15) is 31.5 Å². The summed E-state index contributed by atoms with van der Waals surface area (Å²) in [6.07, 6.45) is -4.55. The lowest BCUT2D eigenvalue weighted by atomic mass is 9.80. The van der Waals surface area contributed by atoms with Gasteiger partial charge >= 0.3 is 6.18 Å². The average molecular weight is 627 g/mol. The number of allylic oxidation sites excluding steroid dienone is 1. The zero-order valence-corrected chi connectivity index (χ0v) is 24.5. The molecule has 226 valence electrons. The van der Waals surface area contributed by atoms with Crippen molar-refractivity contribution in [3.8, 4) is 5.75 Å². The first kappa shape index (κ1) is 28.7. The molecule has 5 aromatic carbocycles. The minimum atomic E-state index is -4.55. The number of phenolic OH excluding ortho intramolecular Hbond substituents is 1. The molecule has 0 spiro atoms. The minimum absolute atomic E-state index is 0.0300. The number of hydrogen-bond acceptors (Lipinski definition) is 4. The summed E-state index contributed by atoms with van der Waals surface area (Å²) in [5, 5.41) is 15.9. The van der Waals surface area contributed by atoms with Crippen molar-refractivity contribution < 1.29 is 31.5 Å². The molecular formula is C35H25F3N2O4S. The van der Waals surface area contributed by atoms with Crippen LogP contribution < -0.4 is 10.0 Å². The standard InChI is InChI=1S/C35H25F3N2O4S/c1-19-30(27-16-10-20-6-2-3-7-24(20)33(27)41)25-8-4-5-9-26(25)31(19)32-28-18-23(15-17-29(28)39-34(32)42)45(43,44)40-22-13-11-21(12-14-22)35(36,37)38/h2-18,31-32,40-41H,1H3,(H,39,42). The van der Waals surface area contributed by atoms with E-state index in [1.165, 1.54) is 18.2 Å². The average Bonchev–Trinajstić information content (AvgIpc) is 3.48. The molecule has 0 fully saturated rings. The van der Waals surface area contributed by atoms with Crippen LogP contribution in [0.1, 0.15) is 46.6 Å². The summed E-state index contributed by atoms with van der Waals surface area (Å²) in [6.45, 7) is 1.92. The third kappa shape index (κ3) is 4.73. The number of fused-ring (bicyclic) bond motifs is 3. The van der Waals surface area contributed by atoms with Crippen LogP contribution in [-0.4, -0.2) is 19.4 Å². The van der Waals surface area contributed by atoms with Crippen LogP contribution in [0.25, 0.3) is 16.3 Å². The molecule has 6 nitrogen and oxygen atoms in total. The lowest BCUT2D eigenvalue weighted by Crippen LogP contribution is -2.19. The van der Waals surface area contributed by atoms with Crippen molar-refractivity contribution in [3.05, 3.63) is 137 Å². The minimum Gasteiger partial charge on any atom is -0.507 e. The number of anilines is 2. The summed E-state index contributed by atoms with van der Waals surface area (Å²) >= 11 is 0. The molecule has 1 aliphatic carbocycles. The second-order valence-corrected chi connectivity index (χ2v) is 12.9. The first-order valence-electron chi connectivity index (χ1n) is 14.1. The van der Waals surface area contributed by atoms with E-state index in [0.29, 0.717) is 22.2 Å². The summed E-state index contributed by atoms with van der Waals surface area (Å²) in [4.78, 5) is 13.4. The van der Waals surface area contributed by atoms with Gasteiger partial charge in [0.25, 0.3) is 10.0 Å². The third-order valence-corrected chi connectivity index (χ3v) is 9.98. The van der Waals surface area contributed by atoms with Crippen LogP contribution in [-0.2, 0) is 21.0 Å². The van der Waals surface area contributed by atoms with Gasteiger partial charge in [0.2, 0.25) is 5.91 Å². The lowest BCUT2D eigenvalue weighted by molar-refractivity contribution is -0.137. The Balaban J connectivity index is 1.29. The number of hydrogen-bond donors (Lipinski definition) is 3. The van der Waals surface area contributed by atoms with Crippen molar-refractivity contribution in [1.82, 2.24) is 0 Å². The lowest BCUT2D eigenvalue weighted by Gasteiger charge is -2.21. The maximum absolute atomic E-state index is 13.6. The van der Waals surface area contributed by atoms with Gasteiger partial charge in [-0.2, -0.15) is 13.2 Å². The highest BCUT2D eigenvalue weighted by molar-refractivity contribution is 7.92. The van der Waals surface area contributed by atoms with Crippen molar-refractivity contribution in [2.45, 2.75) is 29.8 Å². The predicted octanol–water partition coefficient (Wildman–Crippen LogP) is 8.02. The smallest absolute Gasteiger partial charge is 0.416 e. The Kier molecular flexibility index (Phi) is 6.52. The number of nitrogens with one attached hydrogen (secondary N) is 2. The van der Waals surface area contributed by atoms with Gasteiger partial charge in [0, 0.05) is 28.2 Å². The Bertz CT molecular complexity index is 2170. The molecule has 0 radical (unpaired) electrons. The number of benzene rings is 5. The van der Waals surface area contributed by atoms with E-state index in [4.69, 9.17) is 0 Å². The number of aromatic hydroxyl groups is 1. The van der Waals surface area contributed by atoms with Gasteiger partial charge < -0.3 is 10.4 Å². The predicted molar refractivity (Wildman–Crippen MR) is 167 cm³/mol. The zero-order chi connectivity index (χ0) is 31.7. The van der Waals surface area contributed by atoms with Crippen LogP contribution in [0.3, 0.4) is 0 Å². The number of amides is 1. The van der Waals surface area contributed by atoms with E-state index >= 15 is 0 Å². The maximum atomic E-state index is 13.6. The van der Waals surface area contributed by atoms with Crippen molar-refractivity contribution in [2.24, 2.45) is 0 Å². The second-order valence-electron chi connectivity index (χ2n) is 11.2. The summed E-state index contributed by atoms with van der Waals surface area (Å²) < 4.78 is 68.0. The molecule has 0 bridgehead atoms. The fourth-order valence-corrected chi connectivity index (χ4v) is 7.64. The van der Waals surface area contributed by atoms with Gasteiger partial charge in [0.05, 0.1) is 16.4 Å². The summed E-state index contributed by atoms with van der Waals surface area (Å²) in [6, 6.07) is 27.0. The Morgan fingerprint density at radius 3 is 2.27 bits per heavy atom. The SMILES string of the molecule is CC1=C(c2ccc3ccccc3c2O)c2ccccc2C1C1C(=O)Nc2ccc(S(=O)(=O)Nc3ccc(C(F)(F)F)cc3)cc21. The first-order chi connectivity index (χ1) is 21.4. The molecular weight excluding hydrogens is 601 g/mol. The van der Waals surface area contributed by atoms with E-state index in [0.717, 1.165) is 51.9 Å². The molecule has 7 rings (SSSR count). The van der Waals surface area contributed by atoms with Gasteiger partial charge in [-0.05, 0) is 77.0 Å². The van der Waals surface area contributed by atoms with E-state index in [2.05, 4.69) is 10.0 Å². The fourth-order valence-electron chi connectivity index (χ4n) is 6.54. The molecule has 2 aliphatic rings. The monoisotopic (exact) mass is 626 g/mol. The van der Waals surface area contributed by atoms with Gasteiger partial charge in [0.15, 0.2) is 0 Å². The molecule has 2 unspecified atom stereocenters. The van der Waals surface area contributed by atoms with Crippen molar-refractivity contribution >= 4 is 43.7 Å². The first-order valence-corrected chi connectivity index (χ1v) is 15.6. The number of phenols is 1. The zero-order valence-electron chi connectivity index (χ0n) is 23.7. The molecule has 3 N–H and O–H groups in total. The second kappa shape index (κ2) is 10.2. The van der Waals surface area contributed by atoms with Crippen LogP contribution in [0.4, 0.5) is 24.5 Å². The topological polar surface area (TPSA) is 95.5 Å². The van der Waals surface area contributed by atoms with Crippen molar-refractivity contribution in [2.75, 3.05) is 10.0 Å². The van der Waals surface area contributed by atoms with E-state index in [-0.39, 0.29) is 22.2 Å². The van der Waals surface area contributed by atoms with E-state index in [1.54, 1.807) is 0 Å². The van der Waals surface area contributed by atoms with Gasteiger partial charge in [-0.15, -0.1) is 0 Å². The molecule has 0 saturated heterocycles. The van der Waals surface area contributed by atoms with E-state index in [1.807, 2.05) is 67.6 Å².